The lowest BCUT2D eigenvalue weighted by molar-refractivity contribution is 0.0215. The van der Waals surface area contributed by atoms with Gasteiger partial charge in [0.1, 0.15) is 0 Å². The molecule has 3 heteroatoms. The number of rotatable bonds is 11. The lowest BCUT2D eigenvalue weighted by atomic mass is 10.2. The maximum Gasteiger partial charge on any atom is 0.0700 e. The van der Waals surface area contributed by atoms with Crippen LogP contribution in [0.5, 0.6) is 0 Å². The summed E-state index contributed by atoms with van der Waals surface area (Å²) in [6.07, 6.45) is 2.71. The minimum atomic E-state index is 0.371. The summed E-state index contributed by atoms with van der Waals surface area (Å²) >= 11 is 0. The van der Waals surface area contributed by atoms with Gasteiger partial charge in [0.2, 0.25) is 0 Å². The van der Waals surface area contributed by atoms with Crippen LogP contribution in [0, 0.1) is 0 Å². The van der Waals surface area contributed by atoms with Crippen molar-refractivity contribution in [1.82, 2.24) is 10.2 Å². The number of ether oxygens (including phenoxy) is 1. The average molecular weight is 258 g/mol. The zero-order valence-electron chi connectivity index (χ0n) is 13.3. The highest BCUT2D eigenvalue weighted by Crippen LogP contribution is 2.06. The first-order valence-electron chi connectivity index (χ1n) is 7.60. The number of hydrogen-bond donors (Lipinski definition) is 1. The number of likely N-dealkylation sites (N-methyl/N-ethyl adjacent to an activating group) is 1. The molecule has 0 fully saturated rings. The van der Waals surface area contributed by atoms with E-state index in [1.54, 1.807) is 0 Å². The normalized spacial score (nSPS) is 13.8. The summed E-state index contributed by atoms with van der Waals surface area (Å²) in [4.78, 5) is 2.48. The van der Waals surface area contributed by atoms with E-state index in [0.29, 0.717) is 18.2 Å². The monoisotopic (exact) mass is 258 g/mol. The Morgan fingerprint density at radius 3 is 2.11 bits per heavy atom. The highest BCUT2D eigenvalue weighted by molar-refractivity contribution is 4.68. The van der Waals surface area contributed by atoms with Crippen LogP contribution in [0.2, 0.25) is 0 Å². The molecule has 1 unspecified atom stereocenters. The molecule has 0 aliphatic carbocycles. The fourth-order valence-electron chi connectivity index (χ4n) is 2.31. The molecule has 0 aromatic carbocycles. The summed E-state index contributed by atoms with van der Waals surface area (Å²) < 4.78 is 6.01. The molecule has 0 spiro atoms. The molecule has 0 radical (unpaired) electrons. The number of nitrogens with one attached hydrogen (secondary N) is 1. The van der Waals surface area contributed by atoms with E-state index in [4.69, 9.17) is 4.74 Å². The first-order chi connectivity index (χ1) is 8.52. The van der Waals surface area contributed by atoms with E-state index in [2.05, 4.69) is 51.8 Å². The van der Waals surface area contributed by atoms with Crippen molar-refractivity contribution >= 4 is 0 Å². The molecular weight excluding hydrogens is 224 g/mol. The Morgan fingerprint density at radius 2 is 1.67 bits per heavy atom. The summed E-state index contributed by atoms with van der Waals surface area (Å²) in [7, 11) is 0. The van der Waals surface area contributed by atoms with Crippen molar-refractivity contribution < 1.29 is 4.74 Å². The smallest absolute Gasteiger partial charge is 0.0700 e. The van der Waals surface area contributed by atoms with Gasteiger partial charge in [-0.25, -0.2) is 0 Å². The SMILES string of the molecule is CCCC(CNCC)OCCN(C(C)C)C(C)C. The van der Waals surface area contributed by atoms with E-state index in [1.807, 2.05) is 0 Å². The van der Waals surface area contributed by atoms with Crippen LogP contribution in [0.25, 0.3) is 0 Å². The predicted molar refractivity (Wildman–Crippen MR) is 80.2 cm³/mol. The minimum Gasteiger partial charge on any atom is -0.376 e. The van der Waals surface area contributed by atoms with Crippen molar-refractivity contribution in [3.63, 3.8) is 0 Å². The van der Waals surface area contributed by atoms with Gasteiger partial charge >= 0.3 is 0 Å². The Hall–Kier alpha value is -0.120. The second-order valence-electron chi connectivity index (χ2n) is 5.51. The molecule has 3 nitrogen and oxygen atoms in total. The van der Waals surface area contributed by atoms with Crippen LogP contribution >= 0.6 is 0 Å². The molecule has 1 N–H and O–H groups in total. The Kier molecular flexibility index (Phi) is 10.7. The second kappa shape index (κ2) is 10.8. The van der Waals surface area contributed by atoms with Gasteiger partial charge in [-0.2, -0.15) is 0 Å². The maximum atomic E-state index is 6.01. The van der Waals surface area contributed by atoms with Gasteiger partial charge in [0, 0.05) is 25.2 Å². The molecule has 0 amide bonds. The molecule has 0 aliphatic heterocycles. The van der Waals surface area contributed by atoms with Crippen LogP contribution in [-0.4, -0.2) is 49.3 Å². The largest absolute Gasteiger partial charge is 0.376 e. The highest BCUT2D eigenvalue weighted by atomic mass is 16.5. The molecule has 0 bridgehead atoms. The molecule has 0 saturated heterocycles. The number of nitrogens with zero attached hydrogens (tertiary/aromatic N) is 1. The third-order valence-electron chi connectivity index (χ3n) is 3.26. The van der Waals surface area contributed by atoms with Gasteiger partial charge in [-0.1, -0.05) is 20.3 Å². The molecular formula is C15H34N2O. The van der Waals surface area contributed by atoms with Gasteiger partial charge in [0.15, 0.2) is 0 Å². The van der Waals surface area contributed by atoms with Gasteiger partial charge in [0.05, 0.1) is 12.7 Å². The van der Waals surface area contributed by atoms with Crippen LogP contribution in [0.1, 0.15) is 54.4 Å². The standard InChI is InChI=1S/C15H34N2O/c1-7-9-15(12-16-8-2)18-11-10-17(13(3)4)14(5)6/h13-16H,7-12H2,1-6H3. The van der Waals surface area contributed by atoms with E-state index in [9.17, 15) is 0 Å². The molecule has 18 heavy (non-hydrogen) atoms. The topological polar surface area (TPSA) is 24.5 Å². The molecule has 0 heterocycles. The summed E-state index contributed by atoms with van der Waals surface area (Å²) in [5, 5.41) is 3.38. The Labute approximate surface area is 114 Å². The highest BCUT2D eigenvalue weighted by Gasteiger charge is 2.14. The molecule has 0 aliphatic rings. The number of hydrogen-bond acceptors (Lipinski definition) is 3. The molecule has 0 rings (SSSR count). The third-order valence-corrected chi connectivity index (χ3v) is 3.26. The fraction of sp³-hybridized carbons (Fsp3) is 1.00. The molecule has 110 valence electrons. The molecule has 1 atom stereocenters. The van der Waals surface area contributed by atoms with Crippen molar-refractivity contribution in [2.75, 3.05) is 26.2 Å². The van der Waals surface area contributed by atoms with Gasteiger partial charge in [0.25, 0.3) is 0 Å². The predicted octanol–water partition coefficient (Wildman–Crippen LogP) is 2.90. The van der Waals surface area contributed by atoms with E-state index in [-0.39, 0.29) is 0 Å². The van der Waals surface area contributed by atoms with Crippen molar-refractivity contribution in [3.05, 3.63) is 0 Å². The van der Waals surface area contributed by atoms with Crippen LogP contribution in [0.4, 0.5) is 0 Å². The fourth-order valence-corrected chi connectivity index (χ4v) is 2.31. The zero-order chi connectivity index (χ0) is 14.0. The van der Waals surface area contributed by atoms with Gasteiger partial charge in [-0.05, 0) is 40.7 Å². The Bertz CT molecular complexity index is 175. The first-order valence-corrected chi connectivity index (χ1v) is 7.60. The van der Waals surface area contributed by atoms with Crippen molar-refractivity contribution in [3.8, 4) is 0 Å². The second-order valence-corrected chi connectivity index (χ2v) is 5.51. The maximum absolute atomic E-state index is 6.01. The van der Waals surface area contributed by atoms with E-state index < -0.39 is 0 Å². The van der Waals surface area contributed by atoms with E-state index in [1.165, 1.54) is 6.42 Å². The van der Waals surface area contributed by atoms with Gasteiger partial charge in [-0.3, -0.25) is 4.90 Å². The van der Waals surface area contributed by atoms with E-state index in [0.717, 1.165) is 32.7 Å². The summed E-state index contributed by atoms with van der Waals surface area (Å²) in [5.74, 6) is 0. The van der Waals surface area contributed by atoms with Crippen LogP contribution in [-0.2, 0) is 4.74 Å². The van der Waals surface area contributed by atoms with Gasteiger partial charge < -0.3 is 10.1 Å². The average Bonchev–Trinajstić information content (AvgIpc) is 2.30. The third kappa shape index (κ3) is 8.06. The Morgan fingerprint density at radius 1 is 1.06 bits per heavy atom. The van der Waals surface area contributed by atoms with Crippen molar-refractivity contribution in [1.29, 1.82) is 0 Å². The van der Waals surface area contributed by atoms with Gasteiger partial charge in [-0.15, -0.1) is 0 Å². The summed E-state index contributed by atoms with van der Waals surface area (Å²) in [6, 6.07) is 1.18. The van der Waals surface area contributed by atoms with E-state index >= 15 is 0 Å². The van der Waals surface area contributed by atoms with Crippen LogP contribution < -0.4 is 5.32 Å². The van der Waals surface area contributed by atoms with Crippen LogP contribution in [0.3, 0.4) is 0 Å². The zero-order valence-corrected chi connectivity index (χ0v) is 13.3. The van der Waals surface area contributed by atoms with Crippen molar-refractivity contribution in [2.45, 2.75) is 72.6 Å². The summed E-state index contributed by atoms with van der Waals surface area (Å²) in [6.45, 7) is 17.2. The van der Waals surface area contributed by atoms with Crippen molar-refractivity contribution in [2.24, 2.45) is 0 Å². The minimum absolute atomic E-state index is 0.371. The molecule has 0 aromatic rings. The molecule has 0 aromatic heterocycles. The summed E-state index contributed by atoms with van der Waals surface area (Å²) in [5.41, 5.74) is 0. The molecule has 0 saturated carbocycles. The lowest BCUT2D eigenvalue weighted by Gasteiger charge is -2.31. The lowest BCUT2D eigenvalue weighted by Crippen LogP contribution is -2.40. The quantitative estimate of drug-likeness (QED) is 0.617. The Balaban J connectivity index is 3.94. The van der Waals surface area contributed by atoms with Crippen LogP contribution in [0.15, 0.2) is 0 Å². The first kappa shape index (κ1) is 17.9.